The quantitative estimate of drug-likeness (QED) is 0.737. The van der Waals surface area contributed by atoms with Crippen LogP contribution in [0.2, 0.25) is 0 Å². The fourth-order valence-electron chi connectivity index (χ4n) is 3.84. The maximum absolute atomic E-state index is 12.8. The summed E-state index contributed by atoms with van der Waals surface area (Å²) < 4.78 is 5.50. The van der Waals surface area contributed by atoms with Crippen LogP contribution >= 0.6 is 0 Å². The average molecular weight is 375 g/mol. The number of amides is 1. The van der Waals surface area contributed by atoms with Gasteiger partial charge in [0.2, 0.25) is 0 Å². The zero-order valence-electron chi connectivity index (χ0n) is 16.1. The third-order valence-corrected chi connectivity index (χ3v) is 5.32. The largest absolute Gasteiger partial charge is 0.381 e. The Bertz CT molecular complexity index is 980. The van der Waals surface area contributed by atoms with Crippen LogP contribution in [0.25, 0.3) is 10.9 Å². The SMILES string of the molecule is Cc1cccc(CCNC(=O)c2cc(C3CCOCC3)c3cnccc3n2)c1. The lowest BCUT2D eigenvalue weighted by Crippen LogP contribution is -2.27. The second kappa shape index (κ2) is 8.48. The molecule has 1 amide bonds. The van der Waals surface area contributed by atoms with Gasteiger partial charge < -0.3 is 10.1 Å². The van der Waals surface area contributed by atoms with Crippen LogP contribution in [0.1, 0.15) is 45.9 Å². The molecular weight excluding hydrogens is 350 g/mol. The molecule has 1 aliphatic rings. The molecule has 2 aromatic heterocycles. The highest BCUT2D eigenvalue weighted by Crippen LogP contribution is 2.32. The Kier molecular flexibility index (Phi) is 5.63. The van der Waals surface area contributed by atoms with Crippen molar-refractivity contribution < 1.29 is 9.53 Å². The zero-order valence-corrected chi connectivity index (χ0v) is 16.1. The minimum Gasteiger partial charge on any atom is -0.381 e. The third kappa shape index (κ3) is 4.20. The Morgan fingerprint density at radius 1 is 1.21 bits per heavy atom. The lowest BCUT2D eigenvalue weighted by Gasteiger charge is -2.24. The molecule has 5 nitrogen and oxygen atoms in total. The normalized spacial score (nSPS) is 14.9. The number of nitrogens with zero attached hydrogens (tertiary/aromatic N) is 2. The van der Waals surface area contributed by atoms with Crippen molar-refractivity contribution in [1.82, 2.24) is 15.3 Å². The summed E-state index contributed by atoms with van der Waals surface area (Å²) in [5, 5.41) is 4.05. The number of hydrogen-bond donors (Lipinski definition) is 1. The number of fused-ring (bicyclic) bond motifs is 1. The van der Waals surface area contributed by atoms with E-state index in [1.54, 1.807) is 6.20 Å². The minimum absolute atomic E-state index is 0.125. The van der Waals surface area contributed by atoms with Gasteiger partial charge in [-0.25, -0.2) is 4.98 Å². The second-order valence-corrected chi connectivity index (χ2v) is 7.37. The topological polar surface area (TPSA) is 64.1 Å². The first-order valence-corrected chi connectivity index (χ1v) is 9.87. The van der Waals surface area contributed by atoms with Crippen molar-refractivity contribution in [2.75, 3.05) is 19.8 Å². The highest BCUT2D eigenvalue weighted by atomic mass is 16.5. The van der Waals surface area contributed by atoms with E-state index in [-0.39, 0.29) is 5.91 Å². The van der Waals surface area contributed by atoms with Crippen LogP contribution in [-0.2, 0) is 11.2 Å². The number of hydrogen-bond acceptors (Lipinski definition) is 4. The van der Waals surface area contributed by atoms with Gasteiger partial charge in [-0.05, 0) is 55.4 Å². The molecule has 1 N–H and O–H groups in total. The monoisotopic (exact) mass is 375 g/mol. The summed E-state index contributed by atoms with van der Waals surface area (Å²) in [5.74, 6) is 0.252. The number of pyridine rings is 2. The van der Waals surface area contributed by atoms with E-state index >= 15 is 0 Å². The predicted octanol–water partition coefficient (Wildman–Crippen LogP) is 3.80. The molecule has 4 rings (SSSR count). The van der Waals surface area contributed by atoms with Gasteiger partial charge in [-0.1, -0.05) is 29.8 Å². The Morgan fingerprint density at radius 3 is 2.89 bits per heavy atom. The van der Waals surface area contributed by atoms with Crippen molar-refractivity contribution in [3.8, 4) is 0 Å². The second-order valence-electron chi connectivity index (χ2n) is 7.37. The van der Waals surface area contributed by atoms with Crippen LogP contribution in [-0.4, -0.2) is 35.6 Å². The van der Waals surface area contributed by atoms with Crippen molar-refractivity contribution in [2.24, 2.45) is 0 Å². The molecule has 0 bridgehead atoms. The summed E-state index contributed by atoms with van der Waals surface area (Å²) >= 11 is 0. The van der Waals surface area contributed by atoms with Gasteiger partial charge in [0.1, 0.15) is 5.69 Å². The molecule has 1 saturated heterocycles. The lowest BCUT2D eigenvalue weighted by molar-refractivity contribution is 0.0855. The first-order chi connectivity index (χ1) is 13.7. The Balaban J connectivity index is 1.53. The van der Waals surface area contributed by atoms with E-state index in [0.29, 0.717) is 18.2 Å². The summed E-state index contributed by atoms with van der Waals surface area (Å²) in [4.78, 5) is 21.6. The molecule has 0 unspecified atom stereocenters. The third-order valence-electron chi connectivity index (χ3n) is 5.32. The van der Waals surface area contributed by atoms with Crippen LogP contribution < -0.4 is 5.32 Å². The van der Waals surface area contributed by atoms with Crippen LogP contribution in [0.15, 0.2) is 48.8 Å². The molecule has 0 aliphatic carbocycles. The standard InChI is InChI=1S/C23H25N3O2/c1-16-3-2-4-17(13-16)5-10-25-23(27)22-14-19(18-7-11-28-12-8-18)20-15-24-9-6-21(20)26-22/h2-4,6,9,13-15,18H,5,7-8,10-12H2,1H3,(H,25,27). The van der Waals surface area contributed by atoms with Gasteiger partial charge in [0.05, 0.1) is 5.52 Å². The summed E-state index contributed by atoms with van der Waals surface area (Å²) in [6, 6.07) is 12.2. The van der Waals surface area contributed by atoms with E-state index in [9.17, 15) is 4.79 Å². The van der Waals surface area contributed by atoms with Crippen LogP contribution in [0.4, 0.5) is 0 Å². The molecule has 1 aromatic carbocycles. The maximum Gasteiger partial charge on any atom is 0.269 e. The van der Waals surface area contributed by atoms with E-state index < -0.39 is 0 Å². The van der Waals surface area contributed by atoms with Gasteiger partial charge in [0.25, 0.3) is 5.91 Å². The highest BCUT2D eigenvalue weighted by molar-refractivity contribution is 5.96. The number of carbonyl (C=O) groups excluding carboxylic acids is 1. The van der Waals surface area contributed by atoms with Gasteiger partial charge in [0, 0.05) is 37.5 Å². The maximum atomic E-state index is 12.8. The number of nitrogens with one attached hydrogen (secondary N) is 1. The smallest absolute Gasteiger partial charge is 0.269 e. The van der Waals surface area contributed by atoms with Gasteiger partial charge >= 0.3 is 0 Å². The van der Waals surface area contributed by atoms with E-state index in [2.05, 4.69) is 40.4 Å². The summed E-state index contributed by atoms with van der Waals surface area (Å²) in [5.41, 5.74) is 4.91. The highest BCUT2D eigenvalue weighted by Gasteiger charge is 2.21. The van der Waals surface area contributed by atoms with Gasteiger partial charge in [-0.15, -0.1) is 0 Å². The summed E-state index contributed by atoms with van der Waals surface area (Å²) in [6.45, 7) is 4.18. The molecule has 144 valence electrons. The van der Waals surface area contributed by atoms with Crippen LogP contribution in [0, 0.1) is 6.92 Å². The Morgan fingerprint density at radius 2 is 2.07 bits per heavy atom. The molecule has 3 aromatic rings. The molecular formula is C23H25N3O2. The van der Waals surface area contributed by atoms with E-state index in [0.717, 1.165) is 48.9 Å². The fourth-order valence-corrected chi connectivity index (χ4v) is 3.84. The lowest BCUT2D eigenvalue weighted by atomic mass is 9.89. The number of rotatable bonds is 5. The van der Waals surface area contributed by atoms with Gasteiger partial charge in [-0.3, -0.25) is 9.78 Å². The van der Waals surface area contributed by atoms with Crippen LogP contribution in [0.5, 0.6) is 0 Å². The number of aromatic nitrogens is 2. The van der Waals surface area contributed by atoms with Crippen molar-refractivity contribution in [3.63, 3.8) is 0 Å². The number of carbonyl (C=O) groups is 1. The molecule has 28 heavy (non-hydrogen) atoms. The van der Waals surface area contributed by atoms with Crippen molar-refractivity contribution in [2.45, 2.75) is 32.1 Å². The fraction of sp³-hybridized carbons (Fsp3) is 0.348. The zero-order chi connectivity index (χ0) is 19.3. The van der Waals surface area contributed by atoms with Crippen molar-refractivity contribution in [1.29, 1.82) is 0 Å². The predicted molar refractivity (Wildman–Crippen MR) is 110 cm³/mol. The Hall–Kier alpha value is -2.79. The molecule has 1 fully saturated rings. The number of ether oxygens (including phenoxy) is 1. The first-order valence-electron chi connectivity index (χ1n) is 9.87. The number of aryl methyl sites for hydroxylation is 1. The molecule has 0 spiro atoms. The number of benzene rings is 1. The Labute approximate surface area is 165 Å². The first kappa shape index (κ1) is 18.6. The molecule has 5 heteroatoms. The van der Waals surface area contributed by atoms with Crippen molar-refractivity contribution in [3.05, 3.63) is 71.2 Å². The van der Waals surface area contributed by atoms with E-state index in [1.807, 2.05) is 24.4 Å². The molecule has 0 saturated carbocycles. The summed E-state index contributed by atoms with van der Waals surface area (Å²) in [6.07, 6.45) is 6.30. The van der Waals surface area contributed by atoms with Crippen LogP contribution in [0.3, 0.4) is 0 Å². The molecule has 0 radical (unpaired) electrons. The van der Waals surface area contributed by atoms with Gasteiger partial charge in [0.15, 0.2) is 0 Å². The van der Waals surface area contributed by atoms with E-state index in [1.165, 1.54) is 11.1 Å². The average Bonchev–Trinajstić information content (AvgIpc) is 2.73. The van der Waals surface area contributed by atoms with Crippen molar-refractivity contribution >= 4 is 16.8 Å². The molecule has 0 atom stereocenters. The molecule has 1 aliphatic heterocycles. The van der Waals surface area contributed by atoms with E-state index in [4.69, 9.17) is 4.74 Å². The molecule has 3 heterocycles. The van der Waals surface area contributed by atoms with Gasteiger partial charge in [-0.2, -0.15) is 0 Å². The summed E-state index contributed by atoms with van der Waals surface area (Å²) in [7, 11) is 0. The minimum atomic E-state index is -0.125.